The lowest BCUT2D eigenvalue weighted by Crippen LogP contribution is -2.39. The number of piperidine rings is 1. The Morgan fingerprint density at radius 3 is 2.88 bits per heavy atom. The maximum Gasteiger partial charge on any atom is 0.248 e. The number of nitrogens with zero attached hydrogens (tertiary/aromatic N) is 4. The van der Waals surface area contributed by atoms with Gasteiger partial charge in [-0.1, -0.05) is 5.16 Å². The van der Waals surface area contributed by atoms with Crippen LogP contribution in [0.5, 0.6) is 0 Å². The van der Waals surface area contributed by atoms with E-state index in [1.54, 1.807) is 13.8 Å². The predicted octanol–water partition coefficient (Wildman–Crippen LogP) is 1.71. The smallest absolute Gasteiger partial charge is 0.248 e. The Balaban J connectivity index is 1.64. The zero-order valence-corrected chi connectivity index (χ0v) is 15.4. The van der Waals surface area contributed by atoms with Gasteiger partial charge in [-0.15, -0.1) is 0 Å². The molecule has 3 N–H and O–H groups in total. The highest BCUT2D eigenvalue weighted by Gasteiger charge is 2.35. The Kier molecular flexibility index (Phi) is 3.96. The van der Waals surface area contributed by atoms with Crippen molar-refractivity contribution in [3.63, 3.8) is 0 Å². The van der Waals surface area contributed by atoms with Crippen LogP contribution in [0.15, 0.2) is 21.6 Å². The van der Waals surface area contributed by atoms with Crippen LogP contribution in [0.25, 0.3) is 11.0 Å². The minimum absolute atomic E-state index is 0.00122. The van der Waals surface area contributed by atoms with Crippen LogP contribution in [0.3, 0.4) is 0 Å². The number of nitrogen functional groups attached to an aromatic ring is 1. The summed E-state index contributed by atoms with van der Waals surface area (Å²) in [6.45, 7) is 4.10. The van der Waals surface area contributed by atoms with E-state index in [1.165, 1.54) is 4.31 Å². The number of rotatable bonds is 3. The summed E-state index contributed by atoms with van der Waals surface area (Å²) < 4.78 is 32.6. The Labute approximate surface area is 150 Å². The molecule has 10 heteroatoms. The second kappa shape index (κ2) is 6.06. The molecule has 1 aliphatic heterocycles. The van der Waals surface area contributed by atoms with Crippen molar-refractivity contribution in [2.75, 3.05) is 18.8 Å². The molecule has 1 fully saturated rings. The fourth-order valence-corrected chi connectivity index (χ4v) is 5.35. The topological polar surface area (TPSA) is 131 Å². The molecule has 0 radical (unpaired) electrons. The molecule has 0 aliphatic carbocycles. The maximum absolute atomic E-state index is 13.1. The molecule has 0 amide bonds. The number of aryl methyl sites for hydroxylation is 2. The van der Waals surface area contributed by atoms with Gasteiger partial charge in [0.15, 0.2) is 11.4 Å². The molecule has 1 atom stereocenters. The summed E-state index contributed by atoms with van der Waals surface area (Å²) in [4.78, 5) is 4.73. The SMILES string of the molecule is Cc1noc(C)c1S(=O)(=O)N1CCC[C@@H](c2ccc3c(N)[nH]nc3n2)C1. The van der Waals surface area contributed by atoms with Gasteiger partial charge >= 0.3 is 0 Å². The number of H-pyrrole nitrogens is 1. The Morgan fingerprint density at radius 1 is 1.35 bits per heavy atom. The fraction of sp³-hybridized carbons (Fsp3) is 0.438. The van der Waals surface area contributed by atoms with E-state index >= 15 is 0 Å². The fourth-order valence-electron chi connectivity index (χ4n) is 3.53. The number of sulfonamides is 1. The van der Waals surface area contributed by atoms with Crippen LogP contribution in [0.4, 0.5) is 5.82 Å². The second-order valence-corrected chi connectivity index (χ2v) is 8.47. The molecule has 4 heterocycles. The van der Waals surface area contributed by atoms with Crippen molar-refractivity contribution in [3.8, 4) is 0 Å². The van der Waals surface area contributed by atoms with Gasteiger partial charge in [0.25, 0.3) is 0 Å². The first-order valence-corrected chi connectivity index (χ1v) is 9.85. The van der Waals surface area contributed by atoms with Crippen LogP contribution in [-0.4, -0.2) is 46.2 Å². The van der Waals surface area contributed by atoms with Gasteiger partial charge in [-0.2, -0.15) is 9.40 Å². The van der Waals surface area contributed by atoms with Crippen molar-refractivity contribution in [3.05, 3.63) is 29.3 Å². The van der Waals surface area contributed by atoms with E-state index in [2.05, 4.69) is 20.3 Å². The highest BCUT2D eigenvalue weighted by Crippen LogP contribution is 2.32. The van der Waals surface area contributed by atoms with Gasteiger partial charge in [0, 0.05) is 24.7 Å². The van der Waals surface area contributed by atoms with Gasteiger partial charge in [-0.25, -0.2) is 13.4 Å². The lowest BCUT2D eigenvalue weighted by Gasteiger charge is -2.31. The first-order chi connectivity index (χ1) is 12.4. The molecule has 1 aliphatic rings. The molecule has 3 aromatic rings. The Bertz CT molecular complexity index is 1050. The predicted molar refractivity (Wildman–Crippen MR) is 95.0 cm³/mol. The largest absolute Gasteiger partial charge is 0.384 e. The number of aromatic nitrogens is 4. The van der Waals surface area contributed by atoms with Gasteiger partial charge < -0.3 is 10.3 Å². The molecular formula is C16H20N6O3S. The van der Waals surface area contributed by atoms with Crippen molar-refractivity contribution < 1.29 is 12.9 Å². The van der Waals surface area contributed by atoms with Crippen molar-refractivity contribution in [2.24, 2.45) is 0 Å². The summed E-state index contributed by atoms with van der Waals surface area (Å²) in [5.41, 5.74) is 7.56. The number of hydrogen-bond donors (Lipinski definition) is 2. The van der Waals surface area contributed by atoms with Crippen LogP contribution >= 0.6 is 0 Å². The first kappa shape index (κ1) is 17.0. The number of pyridine rings is 1. The average molecular weight is 376 g/mol. The number of fused-ring (bicyclic) bond motifs is 1. The minimum Gasteiger partial charge on any atom is -0.384 e. The Morgan fingerprint density at radius 2 is 2.15 bits per heavy atom. The highest BCUT2D eigenvalue weighted by atomic mass is 32.2. The molecule has 1 saturated heterocycles. The lowest BCUT2D eigenvalue weighted by molar-refractivity contribution is 0.312. The second-order valence-electron chi connectivity index (χ2n) is 6.60. The van der Waals surface area contributed by atoms with Crippen molar-refractivity contribution in [1.82, 2.24) is 24.6 Å². The molecule has 0 unspecified atom stereocenters. The third-order valence-electron chi connectivity index (χ3n) is 4.84. The molecule has 3 aromatic heterocycles. The third kappa shape index (κ3) is 2.65. The summed E-state index contributed by atoms with van der Waals surface area (Å²) in [6.07, 6.45) is 1.63. The van der Waals surface area contributed by atoms with Gasteiger partial charge in [0.05, 0.1) is 5.39 Å². The van der Waals surface area contributed by atoms with E-state index in [1.807, 2.05) is 12.1 Å². The number of nitrogens with two attached hydrogens (primary N) is 1. The average Bonchev–Trinajstić information content (AvgIpc) is 3.17. The van der Waals surface area contributed by atoms with Crippen molar-refractivity contribution in [1.29, 1.82) is 0 Å². The summed E-state index contributed by atoms with van der Waals surface area (Å²) >= 11 is 0. The maximum atomic E-state index is 13.1. The van der Waals surface area contributed by atoms with E-state index in [-0.39, 0.29) is 10.8 Å². The van der Waals surface area contributed by atoms with Crippen LogP contribution in [0.1, 0.15) is 35.9 Å². The molecule has 0 spiro atoms. The molecule has 138 valence electrons. The van der Waals surface area contributed by atoms with Crippen LogP contribution in [-0.2, 0) is 10.0 Å². The number of aromatic amines is 1. The van der Waals surface area contributed by atoms with E-state index in [0.717, 1.165) is 23.9 Å². The molecule has 0 bridgehead atoms. The van der Waals surface area contributed by atoms with Crippen LogP contribution in [0.2, 0.25) is 0 Å². The normalized spacial score (nSPS) is 19.2. The molecule has 0 aromatic carbocycles. The number of hydrogen-bond acceptors (Lipinski definition) is 7. The number of nitrogens with one attached hydrogen (secondary N) is 1. The van der Waals surface area contributed by atoms with E-state index in [0.29, 0.717) is 36.0 Å². The zero-order chi connectivity index (χ0) is 18.5. The Hall–Kier alpha value is -2.46. The number of anilines is 1. The third-order valence-corrected chi connectivity index (χ3v) is 6.95. The quantitative estimate of drug-likeness (QED) is 0.711. The molecule has 26 heavy (non-hydrogen) atoms. The van der Waals surface area contributed by atoms with Crippen LogP contribution in [0, 0.1) is 13.8 Å². The summed E-state index contributed by atoms with van der Waals surface area (Å²) in [7, 11) is -3.65. The van der Waals surface area contributed by atoms with Crippen LogP contribution < -0.4 is 5.73 Å². The van der Waals surface area contributed by atoms with Gasteiger partial charge in [0.1, 0.15) is 16.4 Å². The molecule has 4 rings (SSSR count). The molecule has 9 nitrogen and oxygen atoms in total. The molecule has 0 saturated carbocycles. The summed E-state index contributed by atoms with van der Waals surface area (Å²) in [6, 6.07) is 3.77. The van der Waals surface area contributed by atoms with E-state index in [9.17, 15) is 8.42 Å². The summed E-state index contributed by atoms with van der Waals surface area (Å²) in [5, 5.41) is 11.3. The van der Waals surface area contributed by atoms with Gasteiger partial charge in [-0.05, 0) is 38.8 Å². The minimum atomic E-state index is -3.65. The lowest BCUT2D eigenvalue weighted by atomic mass is 9.95. The van der Waals surface area contributed by atoms with Gasteiger partial charge in [-0.3, -0.25) is 5.10 Å². The first-order valence-electron chi connectivity index (χ1n) is 8.41. The highest BCUT2D eigenvalue weighted by molar-refractivity contribution is 7.89. The molecular weight excluding hydrogens is 356 g/mol. The van der Waals surface area contributed by atoms with Crippen molar-refractivity contribution >= 4 is 26.9 Å². The standard InChI is InChI=1S/C16H20N6O3S/c1-9-14(10(2)25-21-9)26(23,24)22-7-3-4-11(8-22)13-6-5-12-15(17)19-20-16(12)18-13/h5-6,11H,3-4,7-8H2,1-2H3,(H3,17,18,19,20)/t11-/m1/s1. The summed E-state index contributed by atoms with van der Waals surface area (Å²) in [5.74, 6) is 0.794. The van der Waals surface area contributed by atoms with E-state index < -0.39 is 10.0 Å². The zero-order valence-electron chi connectivity index (χ0n) is 14.6. The monoisotopic (exact) mass is 376 g/mol. The van der Waals surface area contributed by atoms with E-state index in [4.69, 9.17) is 10.3 Å². The van der Waals surface area contributed by atoms with Gasteiger partial charge in [0.2, 0.25) is 10.0 Å². The van der Waals surface area contributed by atoms with Crippen molar-refractivity contribution in [2.45, 2.75) is 37.5 Å².